The van der Waals surface area contributed by atoms with E-state index in [1.165, 1.54) is 44.9 Å². The summed E-state index contributed by atoms with van der Waals surface area (Å²) in [6.45, 7) is 6.21. The molecule has 3 fully saturated rings. The van der Waals surface area contributed by atoms with Gasteiger partial charge in [-0.3, -0.25) is 4.79 Å². The third-order valence-electron chi connectivity index (χ3n) is 7.14. The summed E-state index contributed by atoms with van der Waals surface area (Å²) < 4.78 is 7.52. The summed E-state index contributed by atoms with van der Waals surface area (Å²) in [4.78, 5) is 15.4. The summed E-state index contributed by atoms with van der Waals surface area (Å²) in [6, 6.07) is 0. The van der Waals surface area contributed by atoms with Crippen molar-refractivity contribution < 1.29 is 9.32 Å². The van der Waals surface area contributed by atoms with Crippen molar-refractivity contribution >= 4 is 5.91 Å². The number of aryl methyl sites for hydroxylation is 2. The molecule has 2 aliphatic carbocycles. The van der Waals surface area contributed by atoms with Crippen molar-refractivity contribution in [3.63, 3.8) is 0 Å². The number of likely N-dealkylation sites (tertiary alicyclic amines) is 1. The Kier molecular flexibility index (Phi) is 4.29. The smallest absolute Gasteiger partial charge is 0.259 e. The molecule has 0 N–H and O–H groups in total. The molecule has 1 aliphatic heterocycles. The maximum atomic E-state index is 13.3. The number of rotatable bonds is 4. The topological polar surface area (TPSA) is 77.1 Å². The van der Waals surface area contributed by atoms with Crippen molar-refractivity contribution in [2.75, 3.05) is 13.1 Å². The number of amides is 1. The Morgan fingerprint density at radius 3 is 2.71 bits per heavy atom. The lowest BCUT2D eigenvalue weighted by Gasteiger charge is -2.37. The second-order valence-corrected chi connectivity index (χ2v) is 9.15. The Morgan fingerprint density at radius 1 is 1.25 bits per heavy atom. The minimum Gasteiger partial charge on any atom is -0.361 e. The van der Waals surface area contributed by atoms with Crippen molar-refractivity contribution in [1.82, 2.24) is 24.8 Å². The van der Waals surface area contributed by atoms with Crippen molar-refractivity contribution in [2.45, 2.75) is 71.3 Å². The van der Waals surface area contributed by atoms with E-state index >= 15 is 0 Å². The van der Waals surface area contributed by atoms with Gasteiger partial charge in [0.1, 0.15) is 23.5 Å². The van der Waals surface area contributed by atoms with E-state index in [1.807, 2.05) is 25.1 Å². The summed E-state index contributed by atoms with van der Waals surface area (Å²) in [6.07, 6.45) is 10.6. The number of carbonyl (C=O) groups excluding carboxylic acids is 1. The number of carbonyl (C=O) groups is 1. The first-order valence-corrected chi connectivity index (χ1v) is 10.7. The van der Waals surface area contributed by atoms with Crippen LogP contribution in [0.1, 0.15) is 78.5 Å². The summed E-state index contributed by atoms with van der Waals surface area (Å²) in [5.74, 6) is 2.79. The van der Waals surface area contributed by atoms with Crippen LogP contribution in [0.2, 0.25) is 0 Å². The lowest BCUT2D eigenvalue weighted by molar-refractivity contribution is 0.0756. The average molecular weight is 383 g/mol. The lowest BCUT2D eigenvalue weighted by atomic mass is 9.67. The molecule has 0 radical (unpaired) electrons. The van der Waals surface area contributed by atoms with Gasteiger partial charge in [0.25, 0.3) is 5.91 Å². The first kappa shape index (κ1) is 17.9. The van der Waals surface area contributed by atoms with Crippen LogP contribution in [0.3, 0.4) is 0 Å². The van der Waals surface area contributed by atoms with Crippen LogP contribution in [0.4, 0.5) is 0 Å². The molecule has 2 saturated carbocycles. The Hall–Kier alpha value is -2.18. The van der Waals surface area contributed by atoms with Gasteiger partial charge >= 0.3 is 0 Å². The highest BCUT2D eigenvalue weighted by atomic mass is 16.5. The van der Waals surface area contributed by atoms with Crippen LogP contribution >= 0.6 is 0 Å². The molecule has 2 aromatic heterocycles. The molecule has 2 aromatic rings. The third-order valence-corrected chi connectivity index (χ3v) is 7.14. The van der Waals surface area contributed by atoms with E-state index in [2.05, 4.69) is 19.9 Å². The van der Waals surface area contributed by atoms with E-state index in [4.69, 9.17) is 4.52 Å². The van der Waals surface area contributed by atoms with Gasteiger partial charge in [0.15, 0.2) is 0 Å². The second-order valence-electron chi connectivity index (χ2n) is 9.15. The van der Waals surface area contributed by atoms with Crippen molar-refractivity contribution in [2.24, 2.45) is 11.3 Å². The summed E-state index contributed by atoms with van der Waals surface area (Å²) in [5, 5.41) is 12.8. The van der Waals surface area contributed by atoms with E-state index in [1.54, 1.807) is 0 Å². The average Bonchev–Trinajstić information content (AvgIpc) is 3.11. The first-order valence-electron chi connectivity index (χ1n) is 10.7. The van der Waals surface area contributed by atoms with Gasteiger partial charge in [-0.1, -0.05) is 24.4 Å². The first-order chi connectivity index (χ1) is 13.6. The molecule has 1 atom stereocenters. The Bertz CT molecular complexity index is 856. The van der Waals surface area contributed by atoms with Gasteiger partial charge in [-0.15, -0.1) is 10.2 Å². The molecule has 3 aliphatic rings. The van der Waals surface area contributed by atoms with Crippen LogP contribution < -0.4 is 0 Å². The molecule has 0 bridgehead atoms. The molecule has 7 heteroatoms. The zero-order valence-corrected chi connectivity index (χ0v) is 16.9. The molecule has 3 heterocycles. The van der Waals surface area contributed by atoms with E-state index in [-0.39, 0.29) is 17.2 Å². The van der Waals surface area contributed by atoms with Crippen molar-refractivity contribution in [1.29, 1.82) is 0 Å². The number of hydrogen-bond donors (Lipinski definition) is 0. The number of aromatic nitrogens is 4. The van der Waals surface area contributed by atoms with Crippen LogP contribution in [0.15, 0.2) is 10.9 Å². The highest BCUT2D eigenvalue weighted by molar-refractivity contribution is 5.96. The van der Waals surface area contributed by atoms with Gasteiger partial charge < -0.3 is 14.0 Å². The number of nitrogens with zero attached hydrogens (tertiary/aromatic N) is 5. The zero-order chi connectivity index (χ0) is 19.3. The Balaban J connectivity index is 1.47. The van der Waals surface area contributed by atoms with E-state index in [0.717, 1.165) is 24.8 Å². The Labute approximate surface area is 165 Å². The molecule has 150 valence electrons. The van der Waals surface area contributed by atoms with Gasteiger partial charge in [0.2, 0.25) is 0 Å². The fourth-order valence-corrected chi connectivity index (χ4v) is 5.44. The highest BCUT2D eigenvalue weighted by Crippen LogP contribution is 2.52. The second kappa shape index (κ2) is 6.71. The fourth-order valence-electron chi connectivity index (χ4n) is 5.44. The van der Waals surface area contributed by atoms with Crippen molar-refractivity contribution in [3.8, 4) is 0 Å². The van der Waals surface area contributed by atoms with E-state index in [0.29, 0.717) is 23.6 Å². The molecule has 1 spiro atoms. The predicted octanol–water partition coefficient (Wildman–Crippen LogP) is 3.48. The van der Waals surface area contributed by atoms with E-state index in [9.17, 15) is 4.79 Å². The van der Waals surface area contributed by atoms with Gasteiger partial charge in [-0.2, -0.15) is 0 Å². The SMILES string of the molecule is Cc1noc(C)c1C(=O)N1CC(c2nncn2CC2CC2)C2(CCCCC2)C1. The standard InChI is InChI=1S/C21H29N5O2/c1-14-18(15(2)28-24-14)20(27)25-11-17(21(12-25)8-4-3-5-9-21)19-23-22-13-26(19)10-16-6-7-16/h13,16-17H,3-12H2,1-2H3. The summed E-state index contributed by atoms with van der Waals surface area (Å²) in [7, 11) is 0. The molecule has 5 rings (SSSR count). The molecular formula is C21H29N5O2. The van der Waals surface area contributed by atoms with Crippen LogP contribution in [-0.4, -0.2) is 43.8 Å². The molecule has 0 aromatic carbocycles. The molecule has 28 heavy (non-hydrogen) atoms. The zero-order valence-electron chi connectivity index (χ0n) is 16.9. The normalized spacial score (nSPS) is 24.2. The fraction of sp³-hybridized carbons (Fsp3) is 0.714. The predicted molar refractivity (Wildman–Crippen MR) is 103 cm³/mol. The summed E-state index contributed by atoms with van der Waals surface area (Å²) >= 11 is 0. The highest BCUT2D eigenvalue weighted by Gasteiger charge is 2.51. The third kappa shape index (κ3) is 2.95. The molecular weight excluding hydrogens is 354 g/mol. The molecule has 1 amide bonds. The lowest BCUT2D eigenvalue weighted by Crippen LogP contribution is -2.35. The maximum absolute atomic E-state index is 13.3. The minimum absolute atomic E-state index is 0.0527. The van der Waals surface area contributed by atoms with Crippen molar-refractivity contribution in [3.05, 3.63) is 29.2 Å². The minimum atomic E-state index is 0.0527. The van der Waals surface area contributed by atoms with Gasteiger partial charge in [-0.25, -0.2) is 0 Å². The maximum Gasteiger partial charge on any atom is 0.259 e. The van der Waals surface area contributed by atoms with Gasteiger partial charge in [-0.05, 0) is 50.9 Å². The molecule has 1 unspecified atom stereocenters. The summed E-state index contributed by atoms with van der Waals surface area (Å²) in [5.41, 5.74) is 1.44. The van der Waals surface area contributed by atoms with Crippen LogP contribution in [0.25, 0.3) is 0 Å². The van der Waals surface area contributed by atoms with Gasteiger partial charge in [0.05, 0.1) is 5.69 Å². The van der Waals surface area contributed by atoms with E-state index < -0.39 is 0 Å². The number of hydrogen-bond acceptors (Lipinski definition) is 5. The van der Waals surface area contributed by atoms with Crippen LogP contribution in [0, 0.1) is 25.2 Å². The Morgan fingerprint density at radius 2 is 2.04 bits per heavy atom. The molecule has 7 nitrogen and oxygen atoms in total. The molecule has 1 saturated heterocycles. The van der Waals surface area contributed by atoms with Gasteiger partial charge in [0, 0.05) is 25.6 Å². The monoisotopic (exact) mass is 383 g/mol. The quantitative estimate of drug-likeness (QED) is 0.808. The van der Waals surface area contributed by atoms with Crippen LogP contribution in [0.5, 0.6) is 0 Å². The van der Waals surface area contributed by atoms with Crippen LogP contribution in [-0.2, 0) is 6.54 Å². The largest absolute Gasteiger partial charge is 0.361 e.